The molecule has 7 aromatic rings. The highest BCUT2D eigenvalue weighted by molar-refractivity contribution is 6.03. The Balaban J connectivity index is 0.923. The molecule has 0 fully saturated rings. The maximum absolute atomic E-state index is 13.5. The summed E-state index contributed by atoms with van der Waals surface area (Å²) in [4.78, 5) is 58.1. The molecule has 0 radical (unpaired) electrons. The number of nitrogens with zero attached hydrogens (tertiary/aromatic N) is 5. The van der Waals surface area contributed by atoms with E-state index in [1.165, 1.54) is 6.07 Å². The molecule has 9 rings (SSSR count). The minimum atomic E-state index is -1.30. The number of aromatic nitrogens is 5. The second kappa shape index (κ2) is 13.1. The lowest BCUT2D eigenvalue weighted by Gasteiger charge is -2.36. The maximum Gasteiger partial charge on any atom is 0.340 e. The van der Waals surface area contributed by atoms with Crippen LogP contribution in [0.1, 0.15) is 49.9 Å². The van der Waals surface area contributed by atoms with E-state index in [0.29, 0.717) is 74.4 Å². The molecule has 0 saturated carbocycles. The zero-order valence-electron chi connectivity index (χ0n) is 30.2. The quantitative estimate of drug-likeness (QED) is 0.110. The molecule has 14 heteroatoms. The van der Waals surface area contributed by atoms with Gasteiger partial charge in [-0.05, 0) is 67.9 Å². The zero-order chi connectivity index (χ0) is 38.7. The molecule has 4 aromatic carbocycles. The fourth-order valence-corrected chi connectivity index (χ4v) is 7.40. The largest absolute Gasteiger partial charge is 0.456 e. The highest BCUT2D eigenvalue weighted by atomic mass is 16.6. The Morgan fingerprint density at radius 1 is 0.893 bits per heavy atom. The summed E-state index contributed by atoms with van der Waals surface area (Å²) in [5.41, 5.74) is 18.5. The fourth-order valence-electron chi connectivity index (χ4n) is 7.40. The summed E-state index contributed by atoms with van der Waals surface area (Å²) < 4.78 is 14.4. The van der Waals surface area contributed by atoms with Crippen LogP contribution in [0.5, 0.6) is 11.5 Å². The van der Waals surface area contributed by atoms with E-state index in [1.54, 1.807) is 67.1 Å². The highest BCUT2D eigenvalue weighted by Gasteiger charge is 2.53. The first-order valence-corrected chi connectivity index (χ1v) is 17.8. The molecular formula is C42H33N9O5. The first-order valence-electron chi connectivity index (χ1n) is 17.8. The second-order valence-corrected chi connectivity index (χ2v) is 13.5. The van der Waals surface area contributed by atoms with Crippen LogP contribution in [0, 0.1) is 6.92 Å². The molecular weight excluding hydrogens is 711 g/mol. The van der Waals surface area contributed by atoms with Gasteiger partial charge in [0, 0.05) is 58.0 Å². The van der Waals surface area contributed by atoms with Crippen molar-refractivity contribution in [3.8, 4) is 34.3 Å². The number of carbonyl (C=O) groups is 3. The number of benzene rings is 4. The molecule has 0 saturated heterocycles. The lowest BCUT2D eigenvalue weighted by Crippen LogP contribution is -2.33. The SMILES string of the molecule is CCn1c(-c2nc(-c3cccc(NC(=O)CNC(=O)c4ccc5c(c4)C(=O)OC54c5ccc(C)cc5Oc5cc(N)ccc54)c3)cnc2N)nc2cnccc21. The fraction of sp³-hybridized carbons (Fsp3) is 0.119. The van der Waals surface area contributed by atoms with Crippen LogP contribution in [0.4, 0.5) is 17.2 Å². The van der Waals surface area contributed by atoms with Crippen LogP contribution in [0.25, 0.3) is 33.8 Å². The van der Waals surface area contributed by atoms with Gasteiger partial charge in [-0.3, -0.25) is 14.6 Å². The highest BCUT2D eigenvalue weighted by Crippen LogP contribution is 2.56. The molecule has 276 valence electrons. The normalized spacial score (nSPS) is 15.1. The van der Waals surface area contributed by atoms with Crippen molar-refractivity contribution in [1.82, 2.24) is 29.8 Å². The van der Waals surface area contributed by atoms with Gasteiger partial charge < -0.3 is 36.1 Å². The molecule has 14 nitrogen and oxygen atoms in total. The van der Waals surface area contributed by atoms with Crippen molar-refractivity contribution in [2.45, 2.75) is 26.0 Å². The van der Waals surface area contributed by atoms with Gasteiger partial charge in [-0.1, -0.05) is 30.3 Å². The molecule has 2 amide bonds. The van der Waals surface area contributed by atoms with E-state index in [4.69, 9.17) is 30.9 Å². The second-order valence-electron chi connectivity index (χ2n) is 13.5. The maximum atomic E-state index is 13.5. The number of imidazole rings is 1. The van der Waals surface area contributed by atoms with Crippen molar-refractivity contribution in [1.29, 1.82) is 0 Å². The molecule has 6 N–H and O–H groups in total. The first kappa shape index (κ1) is 34.2. The molecule has 0 bridgehead atoms. The number of amides is 2. The van der Waals surface area contributed by atoms with Crippen LogP contribution in [0.15, 0.2) is 104 Å². The van der Waals surface area contributed by atoms with Crippen molar-refractivity contribution in [3.63, 3.8) is 0 Å². The minimum Gasteiger partial charge on any atom is -0.456 e. The number of esters is 1. The van der Waals surface area contributed by atoms with Gasteiger partial charge in [0.05, 0.1) is 35.7 Å². The van der Waals surface area contributed by atoms with Crippen LogP contribution in [-0.2, 0) is 21.7 Å². The monoisotopic (exact) mass is 743 g/mol. The third kappa shape index (κ3) is 5.54. The molecule has 2 aliphatic heterocycles. The topological polar surface area (TPSA) is 202 Å². The van der Waals surface area contributed by atoms with Crippen molar-refractivity contribution in [2.75, 3.05) is 23.3 Å². The van der Waals surface area contributed by atoms with Gasteiger partial charge in [0.1, 0.15) is 22.7 Å². The van der Waals surface area contributed by atoms with Crippen LogP contribution in [-0.4, -0.2) is 48.8 Å². The lowest BCUT2D eigenvalue weighted by molar-refractivity contribution is -0.115. The molecule has 0 aliphatic carbocycles. The van der Waals surface area contributed by atoms with E-state index in [9.17, 15) is 14.4 Å². The predicted molar refractivity (Wildman–Crippen MR) is 209 cm³/mol. The standard InChI is InChI=1S/C42H33N9O5/c1-3-51-33-13-14-45-19-32(33)50-39(51)37-38(44)46-20-31(49-37)23-5-4-6-26(16-23)48-36(52)21-47-40(53)24-8-11-28-27(17-24)41(54)56-42(28)29-10-7-22(2)15-34(29)55-35-18-25(43)9-12-30(35)42/h4-20H,3,21,43H2,1-2H3,(H2,44,46)(H,47,53)(H,48,52). The van der Waals surface area contributed by atoms with Gasteiger partial charge in [0.2, 0.25) is 5.91 Å². The Bertz CT molecular complexity index is 2750. The zero-order valence-corrected chi connectivity index (χ0v) is 30.2. The number of aryl methyl sites for hydroxylation is 2. The van der Waals surface area contributed by atoms with Crippen molar-refractivity contribution in [2.24, 2.45) is 0 Å². The van der Waals surface area contributed by atoms with E-state index in [-0.39, 0.29) is 23.5 Å². The summed E-state index contributed by atoms with van der Waals surface area (Å²) in [6, 6.07) is 24.7. The Morgan fingerprint density at radius 2 is 1.70 bits per heavy atom. The summed E-state index contributed by atoms with van der Waals surface area (Å²) in [7, 11) is 0. The number of carbonyl (C=O) groups excluding carboxylic acids is 3. The Labute approximate surface area is 319 Å². The van der Waals surface area contributed by atoms with Gasteiger partial charge in [-0.25, -0.2) is 19.7 Å². The summed E-state index contributed by atoms with van der Waals surface area (Å²) in [6.45, 7) is 4.25. The van der Waals surface area contributed by atoms with E-state index in [0.717, 1.165) is 11.1 Å². The van der Waals surface area contributed by atoms with Gasteiger partial charge in [0.25, 0.3) is 5.91 Å². The minimum absolute atomic E-state index is 0.187. The number of nitrogen functional groups attached to an aromatic ring is 2. The molecule has 1 unspecified atom stereocenters. The summed E-state index contributed by atoms with van der Waals surface area (Å²) in [5, 5.41) is 5.47. The van der Waals surface area contributed by atoms with Gasteiger partial charge in [0.15, 0.2) is 17.2 Å². The Hall–Kier alpha value is -7.61. The smallest absolute Gasteiger partial charge is 0.340 e. The molecule has 2 aliphatic rings. The molecule has 3 aromatic heterocycles. The molecule has 1 atom stereocenters. The average Bonchev–Trinajstić information content (AvgIpc) is 3.71. The molecule has 56 heavy (non-hydrogen) atoms. The number of fused-ring (bicyclic) bond motifs is 7. The number of hydrogen-bond donors (Lipinski definition) is 4. The van der Waals surface area contributed by atoms with E-state index in [1.807, 2.05) is 48.7 Å². The number of pyridine rings is 1. The van der Waals surface area contributed by atoms with Crippen molar-refractivity contribution in [3.05, 3.63) is 137 Å². The molecule has 1 spiro atoms. The van der Waals surface area contributed by atoms with Crippen LogP contribution in [0.3, 0.4) is 0 Å². The summed E-state index contributed by atoms with van der Waals surface area (Å²) >= 11 is 0. The lowest BCUT2D eigenvalue weighted by atomic mass is 9.77. The van der Waals surface area contributed by atoms with Gasteiger partial charge >= 0.3 is 5.97 Å². The number of ether oxygens (including phenoxy) is 2. The summed E-state index contributed by atoms with van der Waals surface area (Å²) in [5.74, 6) is 0.214. The van der Waals surface area contributed by atoms with Crippen LogP contribution < -0.4 is 26.8 Å². The molecule has 5 heterocycles. The van der Waals surface area contributed by atoms with Gasteiger partial charge in [-0.2, -0.15) is 0 Å². The van der Waals surface area contributed by atoms with E-state index >= 15 is 0 Å². The van der Waals surface area contributed by atoms with Gasteiger partial charge in [-0.15, -0.1) is 0 Å². The predicted octanol–water partition coefficient (Wildman–Crippen LogP) is 5.98. The third-order valence-corrected chi connectivity index (χ3v) is 9.98. The van der Waals surface area contributed by atoms with Crippen LogP contribution >= 0.6 is 0 Å². The third-order valence-electron chi connectivity index (χ3n) is 9.98. The average molecular weight is 744 g/mol. The van der Waals surface area contributed by atoms with Crippen molar-refractivity contribution >= 4 is 46.0 Å². The number of nitrogens with two attached hydrogens (primary N) is 2. The number of anilines is 3. The van der Waals surface area contributed by atoms with E-state index in [2.05, 4.69) is 20.6 Å². The number of hydrogen-bond acceptors (Lipinski definition) is 11. The number of rotatable bonds is 7. The Kier molecular flexibility index (Phi) is 7.97. The van der Waals surface area contributed by atoms with Crippen LogP contribution in [0.2, 0.25) is 0 Å². The van der Waals surface area contributed by atoms with E-state index < -0.39 is 23.4 Å². The first-order chi connectivity index (χ1) is 27.1. The Morgan fingerprint density at radius 3 is 2.54 bits per heavy atom. The summed E-state index contributed by atoms with van der Waals surface area (Å²) in [6.07, 6.45) is 4.96. The van der Waals surface area contributed by atoms with Crippen molar-refractivity contribution < 1.29 is 23.9 Å². The number of nitrogens with one attached hydrogen (secondary N) is 2.